The molecule has 0 amide bonds. The van der Waals surface area contributed by atoms with Crippen LogP contribution in [0, 0.1) is 0 Å². The largest absolute Gasteiger partial charge is 0.480 e. The molecule has 0 atom stereocenters. The SMILES string of the molecule is O=C(O)CN1CCc2ccc(-c3noc(-c4ccc(-c5ccccc5)c(C(F)(F)F)c4)n3)cc2CC1. The maximum atomic E-state index is 13.9. The molecular weight excluding hydrogens is 471 g/mol. The first-order valence-electron chi connectivity index (χ1n) is 11.4. The van der Waals surface area contributed by atoms with Crippen molar-refractivity contribution in [3.8, 4) is 34.0 Å². The lowest BCUT2D eigenvalue weighted by Crippen LogP contribution is -2.31. The molecule has 1 aliphatic heterocycles. The van der Waals surface area contributed by atoms with E-state index in [2.05, 4.69) is 10.1 Å². The average Bonchev–Trinajstić information content (AvgIpc) is 3.27. The zero-order valence-electron chi connectivity index (χ0n) is 19.1. The standard InChI is InChI=1S/C27H22F3N3O3/c28-27(29,30)23-15-21(8-9-22(23)18-4-2-1-3-5-18)26-31-25(32-36-26)20-7-6-17-10-12-33(16-24(34)35)13-11-19(17)14-20/h1-9,14-15H,10-13,16H2,(H,34,35). The summed E-state index contributed by atoms with van der Waals surface area (Å²) in [5.41, 5.74) is 2.83. The van der Waals surface area contributed by atoms with E-state index in [0.29, 0.717) is 30.6 Å². The van der Waals surface area contributed by atoms with E-state index in [-0.39, 0.29) is 29.4 Å². The van der Waals surface area contributed by atoms with Crippen molar-refractivity contribution in [2.24, 2.45) is 0 Å². The van der Waals surface area contributed by atoms with Gasteiger partial charge in [0.1, 0.15) is 0 Å². The summed E-state index contributed by atoms with van der Waals surface area (Å²) in [5.74, 6) is -0.579. The van der Waals surface area contributed by atoms with Gasteiger partial charge in [-0.3, -0.25) is 9.69 Å². The number of nitrogens with zero attached hydrogens (tertiary/aromatic N) is 3. The zero-order chi connectivity index (χ0) is 25.3. The molecule has 2 heterocycles. The summed E-state index contributed by atoms with van der Waals surface area (Å²) in [6, 6.07) is 18.1. The first kappa shape index (κ1) is 23.7. The molecule has 4 aromatic rings. The Labute approximate surface area is 205 Å². The Hall–Kier alpha value is -3.98. The van der Waals surface area contributed by atoms with Crippen molar-refractivity contribution in [2.75, 3.05) is 19.6 Å². The molecule has 9 heteroatoms. The van der Waals surface area contributed by atoms with Crippen LogP contribution in [0.2, 0.25) is 0 Å². The van der Waals surface area contributed by atoms with Gasteiger partial charge in [-0.2, -0.15) is 18.2 Å². The molecule has 0 unspecified atom stereocenters. The van der Waals surface area contributed by atoms with Crippen LogP contribution >= 0.6 is 0 Å². The van der Waals surface area contributed by atoms with Gasteiger partial charge in [0.25, 0.3) is 5.89 Å². The van der Waals surface area contributed by atoms with E-state index in [1.54, 1.807) is 36.4 Å². The van der Waals surface area contributed by atoms with Crippen LogP contribution in [0.25, 0.3) is 34.0 Å². The summed E-state index contributed by atoms with van der Waals surface area (Å²) in [6.07, 6.45) is -3.15. The Balaban J connectivity index is 1.43. The number of hydrogen-bond acceptors (Lipinski definition) is 5. The molecule has 0 spiro atoms. The van der Waals surface area contributed by atoms with E-state index < -0.39 is 17.7 Å². The number of aromatic nitrogens is 2. The van der Waals surface area contributed by atoms with Crippen molar-refractivity contribution in [1.82, 2.24) is 15.0 Å². The summed E-state index contributed by atoms with van der Waals surface area (Å²) in [5, 5.41) is 13.1. The van der Waals surface area contributed by atoms with Crippen molar-refractivity contribution >= 4 is 5.97 Å². The molecule has 36 heavy (non-hydrogen) atoms. The lowest BCUT2D eigenvalue weighted by atomic mass is 9.97. The average molecular weight is 493 g/mol. The van der Waals surface area contributed by atoms with Crippen LogP contribution in [-0.4, -0.2) is 45.8 Å². The minimum absolute atomic E-state index is 0.00196. The van der Waals surface area contributed by atoms with Crippen LogP contribution in [0.5, 0.6) is 0 Å². The molecule has 184 valence electrons. The van der Waals surface area contributed by atoms with Gasteiger partial charge in [-0.15, -0.1) is 0 Å². The maximum Gasteiger partial charge on any atom is 0.417 e. The van der Waals surface area contributed by atoms with Gasteiger partial charge in [-0.25, -0.2) is 0 Å². The number of carboxylic acids is 1. The molecular formula is C27H22F3N3O3. The molecule has 0 fully saturated rings. The highest BCUT2D eigenvalue weighted by Crippen LogP contribution is 2.39. The smallest absolute Gasteiger partial charge is 0.417 e. The zero-order valence-corrected chi connectivity index (χ0v) is 19.1. The van der Waals surface area contributed by atoms with E-state index in [0.717, 1.165) is 23.6 Å². The van der Waals surface area contributed by atoms with Crippen molar-refractivity contribution < 1.29 is 27.6 Å². The third-order valence-corrected chi connectivity index (χ3v) is 6.30. The normalized spacial score (nSPS) is 14.3. The van der Waals surface area contributed by atoms with E-state index in [4.69, 9.17) is 9.63 Å². The lowest BCUT2D eigenvalue weighted by molar-refractivity contribution is -0.138. The van der Waals surface area contributed by atoms with Gasteiger partial charge in [-0.05, 0) is 53.3 Å². The number of carbonyl (C=O) groups is 1. The number of benzene rings is 3. The van der Waals surface area contributed by atoms with Crippen molar-refractivity contribution in [1.29, 1.82) is 0 Å². The van der Waals surface area contributed by atoms with Crippen molar-refractivity contribution in [3.05, 3.63) is 83.4 Å². The van der Waals surface area contributed by atoms with Gasteiger partial charge in [0.05, 0.1) is 12.1 Å². The van der Waals surface area contributed by atoms with Gasteiger partial charge in [0.15, 0.2) is 0 Å². The number of rotatable bonds is 5. The molecule has 1 aromatic heterocycles. The number of hydrogen-bond donors (Lipinski definition) is 1. The Morgan fingerprint density at radius 2 is 1.64 bits per heavy atom. The van der Waals surface area contributed by atoms with Crippen LogP contribution in [0.1, 0.15) is 16.7 Å². The predicted molar refractivity (Wildman–Crippen MR) is 127 cm³/mol. The second kappa shape index (κ2) is 9.58. The minimum Gasteiger partial charge on any atom is -0.480 e. The number of halogens is 3. The van der Waals surface area contributed by atoms with Crippen LogP contribution in [-0.2, 0) is 23.8 Å². The Kier molecular flexibility index (Phi) is 6.32. The number of fused-ring (bicyclic) bond motifs is 1. The van der Waals surface area contributed by atoms with Crippen LogP contribution in [0.15, 0.2) is 71.3 Å². The van der Waals surface area contributed by atoms with Gasteiger partial charge in [0, 0.05) is 24.2 Å². The topological polar surface area (TPSA) is 79.5 Å². The fourth-order valence-corrected chi connectivity index (χ4v) is 4.50. The maximum absolute atomic E-state index is 13.9. The molecule has 1 N–H and O–H groups in total. The molecule has 0 bridgehead atoms. The van der Waals surface area contributed by atoms with E-state index in [1.165, 1.54) is 6.07 Å². The van der Waals surface area contributed by atoms with Gasteiger partial charge >= 0.3 is 12.1 Å². The van der Waals surface area contributed by atoms with Gasteiger partial charge < -0.3 is 9.63 Å². The van der Waals surface area contributed by atoms with E-state index in [9.17, 15) is 18.0 Å². The monoisotopic (exact) mass is 493 g/mol. The lowest BCUT2D eigenvalue weighted by Gasteiger charge is -2.16. The van der Waals surface area contributed by atoms with Crippen LogP contribution in [0.3, 0.4) is 0 Å². The Morgan fingerprint density at radius 1 is 0.917 bits per heavy atom. The fraction of sp³-hybridized carbons (Fsp3) is 0.222. The quantitative estimate of drug-likeness (QED) is 0.391. The van der Waals surface area contributed by atoms with E-state index in [1.807, 2.05) is 23.1 Å². The molecule has 6 nitrogen and oxygen atoms in total. The van der Waals surface area contributed by atoms with Crippen LogP contribution < -0.4 is 0 Å². The molecule has 0 saturated carbocycles. The number of aliphatic carboxylic acids is 1. The first-order valence-corrected chi connectivity index (χ1v) is 11.4. The molecule has 0 saturated heterocycles. The van der Waals surface area contributed by atoms with Crippen molar-refractivity contribution in [2.45, 2.75) is 19.0 Å². The Morgan fingerprint density at radius 3 is 2.36 bits per heavy atom. The summed E-state index contributed by atoms with van der Waals surface area (Å²) in [6.45, 7) is 1.28. The molecule has 5 rings (SSSR count). The summed E-state index contributed by atoms with van der Waals surface area (Å²) in [7, 11) is 0. The predicted octanol–water partition coefficient (Wildman–Crippen LogP) is 5.57. The molecule has 3 aromatic carbocycles. The minimum atomic E-state index is -4.56. The molecule has 1 aliphatic rings. The second-order valence-electron chi connectivity index (χ2n) is 8.70. The molecule has 0 radical (unpaired) electrons. The third kappa shape index (κ3) is 5.01. The van der Waals surface area contributed by atoms with Gasteiger partial charge in [0.2, 0.25) is 5.82 Å². The highest BCUT2D eigenvalue weighted by atomic mass is 19.4. The highest BCUT2D eigenvalue weighted by Gasteiger charge is 2.34. The van der Waals surface area contributed by atoms with Crippen LogP contribution in [0.4, 0.5) is 13.2 Å². The summed E-state index contributed by atoms with van der Waals surface area (Å²) < 4.78 is 47.0. The summed E-state index contributed by atoms with van der Waals surface area (Å²) >= 11 is 0. The fourth-order valence-electron chi connectivity index (χ4n) is 4.50. The van der Waals surface area contributed by atoms with Crippen molar-refractivity contribution in [3.63, 3.8) is 0 Å². The number of alkyl halides is 3. The number of carboxylic acid groups (broad SMARTS) is 1. The highest BCUT2D eigenvalue weighted by molar-refractivity contribution is 5.72. The third-order valence-electron chi connectivity index (χ3n) is 6.30. The molecule has 0 aliphatic carbocycles. The Bertz CT molecular complexity index is 1400. The first-order chi connectivity index (χ1) is 17.3. The van der Waals surface area contributed by atoms with E-state index >= 15 is 0 Å². The van der Waals surface area contributed by atoms with Gasteiger partial charge in [-0.1, -0.05) is 53.7 Å². The summed E-state index contributed by atoms with van der Waals surface area (Å²) in [4.78, 5) is 17.3. The second-order valence-corrected chi connectivity index (χ2v) is 8.70.